The second kappa shape index (κ2) is 5.21. The van der Waals surface area contributed by atoms with Gasteiger partial charge in [0.25, 0.3) is 0 Å². The van der Waals surface area contributed by atoms with Crippen LogP contribution in [0.1, 0.15) is 13.3 Å². The van der Waals surface area contributed by atoms with E-state index < -0.39 is 0 Å². The summed E-state index contributed by atoms with van der Waals surface area (Å²) in [5.41, 5.74) is 0.934. The zero-order valence-corrected chi connectivity index (χ0v) is 8.45. The zero-order chi connectivity index (χ0) is 10.4. The predicted molar refractivity (Wildman–Crippen MR) is 56.0 cm³/mol. The number of carbonyl (C=O) groups is 1. The molecule has 0 aliphatic heterocycles. The number of nitrogens with zero attached hydrogens (tertiary/aromatic N) is 1. The Morgan fingerprint density at radius 2 is 2.43 bits per heavy atom. The van der Waals surface area contributed by atoms with Crippen molar-refractivity contribution in [3.63, 3.8) is 0 Å². The number of carbonyl (C=O) groups excluding carboxylic acids is 1. The maximum atomic E-state index is 11.0. The molecule has 0 bridgehead atoms. The Labute approximate surface area is 83.7 Å². The highest BCUT2D eigenvalue weighted by Crippen LogP contribution is 2.06. The average molecular weight is 193 g/mol. The Morgan fingerprint density at radius 1 is 1.64 bits per heavy atom. The van der Waals surface area contributed by atoms with Crippen molar-refractivity contribution in [2.75, 3.05) is 12.4 Å². The third kappa shape index (κ3) is 3.43. The first-order valence-corrected chi connectivity index (χ1v) is 4.59. The molecule has 4 nitrogen and oxygen atoms in total. The molecular formula is C10H15N3O. The number of amides is 1. The van der Waals surface area contributed by atoms with E-state index in [1.807, 2.05) is 19.1 Å². The summed E-state index contributed by atoms with van der Waals surface area (Å²) in [5, 5.41) is 5.77. The highest BCUT2D eigenvalue weighted by atomic mass is 16.1. The number of rotatable bonds is 4. The first kappa shape index (κ1) is 10.5. The second-order valence-corrected chi connectivity index (χ2v) is 3.16. The van der Waals surface area contributed by atoms with E-state index in [-0.39, 0.29) is 11.9 Å². The Hall–Kier alpha value is -1.58. The molecule has 0 fully saturated rings. The Bertz CT molecular complexity index is 287. The van der Waals surface area contributed by atoms with Gasteiger partial charge in [0.15, 0.2) is 0 Å². The first-order valence-electron chi connectivity index (χ1n) is 4.59. The molecule has 1 aromatic rings. The van der Waals surface area contributed by atoms with Crippen molar-refractivity contribution < 1.29 is 4.79 Å². The van der Waals surface area contributed by atoms with Crippen LogP contribution in [0.5, 0.6) is 0 Å². The summed E-state index contributed by atoms with van der Waals surface area (Å²) in [7, 11) is 1.64. The number of pyridine rings is 1. The van der Waals surface area contributed by atoms with Gasteiger partial charge in [0.1, 0.15) is 0 Å². The molecule has 0 aliphatic carbocycles. The lowest BCUT2D eigenvalue weighted by Crippen LogP contribution is -2.26. The second-order valence-electron chi connectivity index (χ2n) is 3.16. The molecule has 1 atom stereocenters. The molecule has 1 heterocycles. The van der Waals surface area contributed by atoms with Gasteiger partial charge in [-0.25, -0.2) is 0 Å². The summed E-state index contributed by atoms with van der Waals surface area (Å²) in [4.78, 5) is 15.0. The van der Waals surface area contributed by atoms with Gasteiger partial charge in [0, 0.05) is 31.9 Å². The summed E-state index contributed by atoms with van der Waals surface area (Å²) >= 11 is 0. The van der Waals surface area contributed by atoms with Crippen LogP contribution >= 0.6 is 0 Å². The number of nitrogens with one attached hydrogen (secondary N) is 2. The smallest absolute Gasteiger partial charge is 0.221 e. The van der Waals surface area contributed by atoms with Gasteiger partial charge in [-0.15, -0.1) is 0 Å². The van der Waals surface area contributed by atoms with E-state index in [2.05, 4.69) is 15.6 Å². The van der Waals surface area contributed by atoms with Crippen molar-refractivity contribution in [3.05, 3.63) is 24.5 Å². The van der Waals surface area contributed by atoms with Gasteiger partial charge < -0.3 is 10.6 Å². The highest BCUT2D eigenvalue weighted by molar-refractivity contribution is 5.76. The highest BCUT2D eigenvalue weighted by Gasteiger charge is 2.06. The van der Waals surface area contributed by atoms with Crippen LogP contribution in [0, 0.1) is 0 Å². The summed E-state index contributed by atoms with van der Waals surface area (Å²) in [6, 6.07) is 3.89. The molecule has 1 rings (SSSR count). The number of hydrogen-bond acceptors (Lipinski definition) is 3. The molecule has 76 valence electrons. The van der Waals surface area contributed by atoms with Crippen molar-refractivity contribution >= 4 is 11.6 Å². The first-order chi connectivity index (χ1) is 6.72. The topological polar surface area (TPSA) is 54.0 Å². The van der Waals surface area contributed by atoms with Crippen LogP contribution in [-0.4, -0.2) is 24.0 Å². The number of aromatic nitrogens is 1. The maximum Gasteiger partial charge on any atom is 0.221 e. The van der Waals surface area contributed by atoms with Crippen LogP contribution in [0.25, 0.3) is 0 Å². The summed E-state index contributed by atoms with van der Waals surface area (Å²) < 4.78 is 0. The molecule has 0 saturated carbocycles. The van der Waals surface area contributed by atoms with Crippen LogP contribution in [-0.2, 0) is 4.79 Å². The maximum absolute atomic E-state index is 11.0. The molecule has 0 radical (unpaired) electrons. The molecular weight excluding hydrogens is 178 g/mol. The lowest BCUT2D eigenvalue weighted by Gasteiger charge is -2.13. The minimum atomic E-state index is 0.0360. The van der Waals surface area contributed by atoms with Gasteiger partial charge >= 0.3 is 0 Å². The minimum absolute atomic E-state index is 0.0360. The molecule has 4 heteroatoms. The lowest BCUT2D eigenvalue weighted by molar-refractivity contribution is -0.120. The Kier molecular flexibility index (Phi) is 3.91. The third-order valence-corrected chi connectivity index (χ3v) is 1.85. The van der Waals surface area contributed by atoms with Gasteiger partial charge in [0.2, 0.25) is 5.91 Å². The largest absolute Gasteiger partial charge is 0.381 e. The molecule has 0 aromatic carbocycles. The quantitative estimate of drug-likeness (QED) is 0.750. The fourth-order valence-electron chi connectivity index (χ4n) is 1.16. The van der Waals surface area contributed by atoms with Gasteiger partial charge in [-0.1, -0.05) is 0 Å². The van der Waals surface area contributed by atoms with E-state index in [1.54, 1.807) is 19.4 Å². The van der Waals surface area contributed by atoms with Crippen molar-refractivity contribution in [1.82, 2.24) is 10.3 Å². The van der Waals surface area contributed by atoms with Gasteiger partial charge in [-0.2, -0.15) is 0 Å². The molecule has 1 amide bonds. The Balaban J connectivity index is 2.41. The van der Waals surface area contributed by atoms with Crippen LogP contribution in [0.3, 0.4) is 0 Å². The molecule has 0 aliphatic rings. The fraction of sp³-hybridized carbons (Fsp3) is 0.400. The van der Waals surface area contributed by atoms with Crippen LogP contribution in [0.2, 0.25) is 0 Å². The molecule has 14 heavy (non-hydrogen) atoms. The Morgan fingerprint density at radius 3 is 3.00 bits per heavy atom. The average Bonchev–Trinajstić information content (AvgIpc) is 2.19. The van der Waals surface area contributed by atoms with E-state index in [0.29, 0.717) is 6.42 Å². The minimum Gasteiger partial charge on any atom is -0.381 e. The predicted octanol–water partition coefficient (Wildman–Crippen LogP) is 1.02. The van der Waals surface area contributed by atoms with Gasteiger partial charge in [-0.3, -0.25) is 9.78 Å². The van der Waals surface area contributed by atoms with Crippen LogP contribution in [0.4, 0.5) is 5.69 Å². The summed E-state index contributed by atoms with van der Waals surface area (Å²) in [5.74, 6) is 0.0360. The van der Waals surface area contributed by atoms with E-state index in [4.69, 9.17) is 0 Å². The monoisotopic (exact) mass is 193 g/mol. The van der Waals surface area contributed by atoms with Crippen molar-refractivity contribution in [3.8, 4) is 0 Å². The van der Waals surface area contributed by atoms with E-state index in [9.17, 15) is 4.79 Å². The molecule has 0 spiro atoms. The standard InChI is InChI=1S/C10H15N3O/c1-8(6-10(14)11-2)13-9-4-3-5-12-7-9/h3-5,7-8,13H,6H2,1-2H3,(H,11,14). The van der Waals surface area contributed by atoms with Crippen molar-refractivity contribution in [1.29, 1.82) is 0 Å². The zero-order valence-electron chi connectivity index (χ0n) is 8.45. The van der Waals surface area contributed by atoms with Gasteiger partial charge in [0.05, 0.1) is 5.69 Å². The third-order valence-electron chi connectivity index (χ3n) is 1.85. The summed E-state index contributed by atoms with van der Waals surface area (Å²) in [6.07, 6.45) is 3.92. The molecule has 0 saturated heterocycles. The number of hydrogen-bond donors (Lipinski definition) is 2. The van der Waals surface area contributed by atoms with Crippen LogP contribution in [0.15, 0.2) is 24.5 Å². The van der Waals surface area contributed by atoms with Crippen molar-refractivity contribution in [2.45, 2.75) is 19.4 Å². The van der Waals surface area contributed by atoms with Crippen LogP contribution < -0.4 is 10.6 Å². The SMILES string of the molecule is CNC(=O)CC(C)Nc1cccnc1. The molecule has 1 unspecified atom stereocenters. The normalized spacial score (nSPS) is 11.9. The van der Waals surface area contributed by atoms with Gasteiger partial charge in [-0.05, 0) is 19.1 Å². The van der Waals surface area contributed by atoms with E-state index >= 15 is 0 Å². The van der Waals surface area contributed by atoms with Crippen molar-refractivity contribution in [2.24, 2.45) is 0 Å². The summed E-state index contributed by atoms with van der Waals surface area (Å²) in [6.45, 7) is 1.96. The molecule has 1 aromatic heterocycles. The van der Waals surface area contributed by atoms with E-state index in [1.165, 1.54) is 0 Å². The lowest BCUT2D eigenvalue weighted by atomic mass is 10.2. The fourth-order valence-corrected chi connectivity index (χ4v) is 1.16. The molecule has 2 N–H and O–H groups in total. The van der Waals surface area contributed by atoms with E-state index in [0.717, 1.165) is 5.69 Å². The number of anilines is 1.